The lowest BCUT2D eigenvalue weighted by Crippen LogP contribution is -2.13. The maximum absolute atomic E-state index is 12.2. The molecule has 2 aromatic rings. The molecule has 5 heteroatoms. The average Bonchev–Trinajstić information content (AvgIpc) is 2.47. The highest BCUT2D eigenvalue weighted by Gasteiger charge is 2.10. The molecule has 0 spiro atoms. The average molecular weight is 284 g/mol. The number of amides is 2. The van der Waals surface area contributed by atoms with E-state index in [1.807, 2.05) is 12.1 Å². The van der Waals surface area contributed by atoms with Gasteiger partial charge in [-0.05, 0) is 30.3 Å². The SMILES string of the molecule is COc1ccccc1NC(=O)c1cccc(NC(C)=O)c1. The van der Waals surface area contributed by atoms with Gasteiger partial charge in [-0.1, -0.05) is 18.2 Å². The maximum atomic E-state index is 12.2. The van der Waals surface area contributed by atoms with Gasteiger partial charge in [-0.3, -0.25) is 9.59 Å². The molecule has 0 aliphatic rings. The largest absolute Gasteiger partial charge is 0.495 e. The van der Waals surface area contributed by atoms with Crippen molar-refractivity contribution in [3.63, 3.8) is 0 Å². The number of nitrogens with one attached hydrogen (secondary N) is 2. The van der Waals surface area contributed by atoms with Crippen molar-refractivity contribution in [2.75, 3.05) is 17.7 Å². The normalized spacial score (nSPS) is 9.81. The first-order chi connectivity index (χ1) is 10.1. The van der Waals surface area contributed by atoms with Gasteiger partial charge in [0.05, 0.1) is 12.8 Å². The van der Waals surface area contributed by atoms with E-state index in [1.54, 1.807) is 43.5 Å². The fourth-order valence-corrected chi connectivity index (χ4v) is 1.88. The number of ether oxygens (including phenoxy) is 1. The monoisotopic (exact) mass is 284 g/mol. The minimum atomic E-state index is -0.272. The van der Waals surface area contributed by atoms with Crippen molar-refractivity contribution in [2.45, 2.75) is 6.92 Å². The van der Waals surface area contributed by atoms with E-state index < -0.39 is 0 Å². The molecule has 0 unspecified atom stereocenters. The number of para-hydroxylation sites is 2. The molecule has 0 saturated heterocycles. The molecule has 5 nitrogen and oxygen atoms in total. The van der Waals surface area contributed by atoms with Gasteiger partial charge in [0.15, 0.2) is 0 Å². The van der Waals surface area contributed by atoms with Crippen LogP contribution in [0.2, 0.25) is 0 Å². The van der Waals surface area contributed by atoms with Crippen LogP contribution in [0, 0.1) is 0 Å². The van der Waals surface area contributed by atoms with Crippen molar-refractivity contribution < 1.29 is 14.3 Å². The van der Waals surface area contributed by atoms with Crippen LogP contribution in [0.15, 0.2) is 48.5 Å². The Morgan fingerprint density at radius 2 is 1.76 bits per heavy atom. The van der Waals surface area contributed by atoms with Gasteiger partial charge in [0.2, 0.25) is 5.91 Å². The summed E-state index contributed by atoms with van der Waals surface area (Å²) >= 11 is 0. The lowest BCUT2D eigenvalue weighted by Gasteiger charge is -2.10. The molecule has 21 heavy (non-hydrogen) atoms. The zero-order valence-electron chi connectivity index (χ0n) is 11.8. The molecule has 0 heterocycles. The molecule has 108 valence electrons. The Labute approximate surface area is 122 Å². The third-order valence-electron chi connectivity index (χ3n) is 2.80. The lowest BCUT2D eigenvalue weighted by molar-refractivity contribution is -0.114. The van der Waals surface area contributed by atoms with Crippen molar-refractivity contribution in [3.8, 4) is 5.75 Å². The topological polar surface area (TPSA) is 67.4 Å². The second-order valence-electron chi connectivity index (χ2n) is 4.42. The third-order valence-corrected chi connectivity index (χ3v) is 2.80. The predicted octanol–water partition coefficient (Wildman–Crippen LogP) is 2.91. The molecular weight excluding hydrogens is 268 g/mol. The van der Waals surface area contributed by atoms with Gasteiger partial charge in [0, 0.05) is 18.2 Å². The Balaban J connectivity index is 2.18. The number of hydrogen-bond donors (Lipinski definition) is 2. The lowest BCUT2D eigenvalue weighted by atomic mass is 10.1. The highest BCUT2D eigenvalue weighted by molar-refractivity contribution is 6.06. The zero-order chi connectivity index (χ0) is 15.2. The number of methoxy groups -OCH3 is 1. The van der Waals surface area contributed by atoms with Crippen molar-refractivity contribution in [2.24, 2.45) is 0 Å². The molecule has 0 aliphatic heterocycles. The number of hydrogen-bond acceptors (Lipinski definition) is 3. The number of anilines is 2. The van der Waals surface area contributed by atoms with Crippen LogP contribution >= 0.6 is 0 Å². The fourth-order valence-electron chi connectivity index (χ4n) is 1.88. The van der Waals surface area contributed by atoms with E-state index in [1.165, 1.54) is 6.92 Å². The molecule has 2 N–H and O–H groups in total. The molecule has 0 bridgehead atoms. The number of rotatable bonds is 4. The van der Waals surface area contributed by atoms with Crippen LogP contribution in [0.5, 0.6) is 5.75 Å². The molecule has 0 atom stereocenters. The van der Waals surface area contributed by atoms with Gasteiger partial charge in [-0.15, -0.1) is 0 Å². The Bertz CT molecular complexity index is 668. The summed E-state index contributed by atoms with van der Waals surface area (Å²) in [6.45, 7) is 1.42. The summed E-state index contributed by atoms with van der Waals surface area (Å²) < 4.78 is 5.19. The highest BCUT2D eigenvalue weighted by atomic mass is 16.5. The van der Waals surface area contributed by atoms with Crippen LogP contribution in [-0.2, 0) is 4.79 Å². The Morgan fingerprint density at radius 1 is 1.00 bits per heavy atom. The first kappa shape index (κ1) is 14.6. The summed E-state index contributed by atoms with van der Waals surface area (Å²) in [5.74, 6) is 0.132. The highest BCUT2D eigenvalue weighted by Crippen LogP contribution is 2.24. The minimum absolute atomic E-state index is 0.183. The smallest absolute Gasteiger partial charge is 0.255 e. The van der Waals surface area contributed by atoms with Gasteiger partial charge < -0.3 is 15.4 Å². The molecule has 0 aromatic heterocycles. The van der Waals surface area contributed by atoms with E-state index in [-0.39, 0.29) is 11.8 Å². The van der Waals surface area contributed by atoms with Gasteiger partial charge in [-0.25, -0.2) is 0 Å². The first-order valence-electron chi connectivity index (χ1n) is 6.42. The van der Waals surface area contributed by atoms with Crippen molar-refractivity contribution in [1.29, 1.82) is 0 Å². The standard InChI is InChI=1S/C16H16N2O3/c1-11(19)17-13-7-5-6-12(10-13)16(20)18-14-8-3-4-9-15(14)21-2/h3-10H,1-2H3,(H,17,19)(H,18,20). The first-order valence-corrected chi connectivity index (χ1v) is 6.42. The third kappa shape index (κ3) is 3.82. The van der Waals surface area contributed by atoms with E-state index in [0.29, 0.717) is 22.7 Å². The molecule has 0 aliphatic carbocycles. The fraction of sp³-hybridized carbons (Fsp3) is 0.125. The minimum Gasteiger partial charge on any atom is -0.495 e. The van der Waals surface area contributed by atoms with Crippen LogP contribution in [-0.4, -0.2) is 18.9 Å². The quantitative estimate of drug-likeness (QED) is 0.907. The summed E-state index contributed by atoms with van der Waals surface area (Å²) in [5, 5.41) is 5.42. The van der Waals surface area contributed by atoms with Crippen LogP contribution < -0.4 is 15.4 Å². The van der Waals surface area contributed by atoms with E-state index in [4.69, 9.17) is 4.74 Å². The summed E-state index contributed by atoms with van der Waals surface area (Å²) in [7, 11) is 1.54. The Kier molecular flexibility index (Phi) is 4.56. The van der Waals surface area contributed by atoms with Gasteiger partial charge in [-0.2, -0.15) is 0 Å². The zero-order valence-corrected chi connectivity index (χ0v) is 11.8. The summed E-state index contributed by atoms with van der Waals surface area (Å²) in [4.78, 5) is 23.3. The van der Waals surface area contributed by atoms with Gasteiger partial charge >= 0.3 is 0 Å². The van der Waals surface area contributed by atoms with E-state index in [9.17, 15) is 9.59 Å². The van der Waals surface area contributed by atoms with E-state index in [2.05, 4.69) is 10.6 Å². The summed E-state index contributed by atoms with van der Waals surface area (Å²) in [5.41, 5.74) is 1.62. The Hall–Kier alpha value is -2.82. The molecule has 0 radical (unpaired) electrons. The molecule has 2 amide bonds. The van der Waals surface area contributed by atoms with Crippen LogP contribution in [0.4, 0.5) is 11.4 Å². The van der Waals surface area contributed by atoms with Crippen LogP contribution in [0.25, 0.3) is 0 Å². The van der Waals surface area contributed by atoms with E-state index >= 15 is 0 Å². The second-order valence-corrected chi connectivity index (χ2v) is 4.42. The molecule has 2 rings (SSSR count). The van der Waals surface area contributed by atoms with Crippen molar-refractivity contribution >= 4 is 23.2 Å². The van der Waals surface area contributed by atoms with E-state index in [0.717, 1.165) is 0 Å². The molecule has 2 aromatic carbocycles. The summed E-state index contributed by atoms with van der Waals surface area (Å²) in [6, 6.07) is 13.9. The van der Waals surface area contributed by atoms with Gasteiger partial charge in [0.1, 0.15) is 5.75 Å². The van der Waals surface area contributed by atoms with Crippen molar-refractivity contribution in [1.82, 2.24) is 0 Å². The Morgan fingerprint density at radius 3 is 2.48 bits per heavy atom. The van der Waals surface area contributed by atoms with Gasteiger partial charge in [0.25, 0.3) is 5.91 Å². The maximum Gasteiger partial charge on any atom is 0.255 e. The molecule has 0 saturated carbocycles. The number of carbonyl (C=O) groups is 2. The second kappa shape index (κ2) is 6.56. The van der Waals surface area contributed by atoms with Crippen LogP contribution in [0.1, 0.15) is 17.3 Å². The molecular formula is C16H16N2O3. The summed E-state index contributed by atoms with van der Waals surface area (Å²) in [6.07, 6.45) is 0. The van der Waals surface area contributed by atoms with Crippen LogP contribution in [0.3, 0.4) is 0 Å². The predicted molar refractivity (Wildman–Crippen MR) is 81.7 cm³/mol. The molecule has 0 fully saturated rings. The van der Waals surface area contributed by atoms with Crippen molar-refractivity contribution in [3.05, 3.63) is 54.1 Å². The number of benzene rings is 2. The number of carbonyl (C=O) groups excluding carboxylic acids is 2.